The van der Waals surface area contributed by atoms with Gasteiger partial charge in [-0.3, -0.25) is 9.59 Å². The molecule has 16 atom stereocenters. The van der Waals surface area contributed by atoms with E-state index in [0.717, 1.165) is 42.5 Å². The number of hydrogen-bond acceptors (Lipinski definition) is 14. The first-order valence-corrected chi connectivity index (χ1v) is 28.6. The summed E-state index contributed by atoms with van der Waals surface area (Å²) in [5.41, 5.74) is -10.8. The number of thiophene rings is 1. The first kappa shape index (κ1) is 53.9. The van der Waals surface area contributed by atoms with Gasteiger partial charge < -0.3 is 28.8 Å². The molecule has 12 nitrogen and oxygen atoms in total. The molecule has 6 fully saturated rings. The molecule has 75 heavy (non-hydrogen) atoms. The van der Waals surface area contributed by atoms with Gasteiger partial charge in [-0.05, 0) is 148 Å². The van der Waals surface area contributed by atoms with Crippen molar-refractivity contribution < 1.29 is 78.4 Å². The van der Waals surface area contributed by atoms with Crippen molar-refractivity contribution in [3.63, 3.8) is 0 Å². The molecular formula is C54H57F5O12S4. The van der Waals surface area contributed by atoms with Crippen LogP contribution in [0.3, 0.4) is 0 Å². The normalized spacial score (nSPS) is 41.7. The minimum Gasteiger partial charge on any atom is -0.499 e. The molecule has 3 unspecified atom stereocenters. The molecule has 0 spiro atoms. The van der Waals surface area contributed by atoms with E-state index < -0.39 is 152 Å². The number of esters is 2. The summed E-state index contributed by atoms with van der Waals surface area (Å²) >= 11 is 12.2. The number of allylic oxidation sites excluding steroid dienone is 8. The number of sulfone groups is 1. The maximum absolute atomic E-state index is 18.4. The number of carbonyl (C=O) groups is 4. The highest BCUT2D eigenvalue weighted by molar-refractivity contribution is 7.92. The van der Waals surface area contributed by atoms with Gasteiger partial charge >= 0.3 is 18.1 Å². The lowest BCUT2D eigenvalue weighted by Crippen LogP contribution is -2.71. The number of aliphatic hydroxyl groups excluding tert-OH is 2. The number of hydrogen-bond donors (Lipinski definition) is 2. The highest BCUT2D eigenvalue weighted by Crippen LogP contribution is 2.73. The van der Waals surface area contributed by atoms with Crippen molar-refractivity contribution in [3.05, 3.63) is 82.2 Å². The smallest absolute Gasteiger partial charge is 0.449 e. The summed E-state index contributed by atoms with van der Waals surface area (Å²) in [7, 11) is -4.15. The lowest BCUT2D eigenvalue weighted by atomic mass is 9.44. The van der Waals surface area contributed by atoms with Crippen molar-refractivity contribution in [1.29, 1.82) is 0 Å². The molecule has 10 rings (SSSR count). The second kappa shape index (κ2) is 17.3. The van der Waals surface area contributed by atoms with Crippen LogP contribution in [0.1, 0.15) is 119 Å². The van der Waals surface area contributed by atoms with Crippen LogP contribution in [0, 0.1) is 63.1 Å². The van der Waals surface area contributed by atoms with Crippen LogP contribution in [-0.4, -0.2) is 87.6 Å². The van der Waals surface area contributed by atoms with Crippen molar-refractivity contribution >= 4 is 79.2 Å². The van der Waals surface area contributed by atoms with Crippen molar-refractivity contribution in [2.75, 3.05) is 6.26 Å². The van der Waals surface area contributed by atoms with E-state index in [1.54, 1.807) is 19.1 Å². The molecular weight excluding hydrogens is 1060 g/mol. The maximum Gasteiger partial charge on any atom is 0.449 e. The number of alkyl halides is 5. The largest absolute Gasteiger partial charge is 0.499 e. The van der Waals surface area contributed by atoms with Crippen molar-refractivity contribution in [1.82, 2.24) is 0 Å². The van der Waals surface area contributed by atoms with Crippen LogP contribution in [0.2, 0.25) is 0 Å². The van der Waals surface area contributed by atoms with Crippen LogP contribution in [0.25, 0.3) is 0 Å². The average molecular weight is 1120 g/mol. The Morgan fingerprint density at radius 3 is 2.16 bits per heavy atom. The number of ketones is 2. The van der Waals surface area contributed by atoms with Crippen LogP contribution in [0.15, 0.2) is 74.4 Å². The number of carbonyl (C=O) groups excluding carboxylic acids is 4. The fourth-order valence-corrected chi connectivity index (χ4v) is 19.3. The topological polar surface area (TPSA) is 184 Å². The van der Waals surface area contributed by atoms with E-state index in [0.29, 0.717) is 43.1 Å². The summed E-state index contributed by atoms with van der Waals surface area (Å²) in [6.07, 6.45) is 2.45. The second-order valence-corrected chi connectivity index (χ2v) is 27.4. The summed E-state index contributed by atoms with van der Waals surface area (Å²) in [6.45, 7) is 10.3. The Morgan fingerprint density at radius 2 is 1.51 bits per heavy atom. The van der Waals surface area contributed by atoms with Gasteiger partial charge in [0.1, 0.15) is 10.4 Å². The number of aliphatic hydroxyl groups is 2. The van der Waals surface area contributed by atoms with Crippen molar-refractivity contribution in [2.45, 2.75) is 132 Å². The van der Waals surface area contributed by atoms with Crippen LogP contribution >= 0.6 is 35.8 Å². The monoisotopic (exact) mass is 1120 g/mol. The first-order chi connectivity index (χ1) is 34.7. The standard InChI is InChI=1S/C54H57F5O12S4/c1-25-18-32-30-9-8-27-20-28(60)12-15-47(27,3)31(30)14-17-49(32,5)52(25,45(65)72)71-44(64)42-38(23-41(74-42)75(7,66)67)69-46(73)53(70-43(63)37-10-11-40(68-37)54(57,58)59)26(2)19-33-34-22-36(55)35-21-29(61)13-16-48(35,4)51(34,56)39(62)24-50(33,53)6/h10-13,15-16,20-21,23,25-26,30-34,36,39,62H,8-9,14,17-19,22,24H2,1-7H3,(H,65,72)/t25?,26-,30-,31+,32+,33?,34?,36+,39+,47+,48+,49+,50+,51+,52+,53+/m1/s1. The number of rotatable bonds is 8. The molecule has 8 aliphatic carbocycles. The fraction of sp³-hybridized carbons (Fsp3) is 0.593. The zero-order valence-corrected chi connectivity index (χ0v) is 45.3. The van der Waals surface area contributed by atoms with Gasteiger partial charge in [0.15, 0.2) is 48.9 Å². The third kappa shape index (κ3) is 7.37. The maximum atomic E-state index is 18.4. The fourth-order valence-electron chi connectivity index (χ4n) is 16.4. The zero-order valence-electron chi connectivity index (χ0n) is 42.0. The van der Waals surface area contributed by atoms with E-state index >= 15 is 13.6 Å². The van der Waals surface area contributed by atoms with E-state index in [9.17, 15) is 46.2 Å². The van der Waals surface area contributed by atoms with Crippen LogP contribution in [-0.2, 0) is 35.1 Å². The van der Waals surface area contributed by atoms with E-state index in [2.05, 4.69) is 6.92 Å². The van der Waals surface area contributed by atoms with Gasteiger partial charge in [-0.15, -0.1) is 11.3 Å². The molecule has 2 aromatic heterocycles. The third-order valence-electron chi connectivity index (χ3n) is 19.9. The van der Waals surface area contributed by atoms with Gasteiger partial charge in [-0.2, -0.15) is 13.2 Å². The van der Waals surface area contributed by atoms with Gasteiger partial charge in [0, 0.05) is 51.7 Å². The van der Waals surface area contributed by atoms with E-state index in [1.165, 1.54) is 19.9 Å². The molecule has 404 valence electrons. The Balaban J connectivity index is 1.04. The van der Waals surface area contributed by atoms with Crippen LogP contribution < -0.4 is 4.74 Å². The van der Waals surface area contributed by atoms with Gasteiger partial charge in [0.2, 0.25) is 21.6 Å². The summed E-state index contributed by atoms with van der Waals surface area (Å²) in [5, 5.41) is 22.7. The summed E-state index contributed by atoms with van der Waals surface area (Å²) in [4.78, 5) is 53.9. The predicted molar refractivity (Wildman–Crippen MR) is 270 cm³/mol. The number of ether oxygens (including phenoxy) is 3. The lowest BCUT2D eigenvalue weighted by molar-refractivity contribution is -0.215. The second-order valence-electron chi connectivity index (χ2n) is 23.3. The Morgan fingerprint density at radius 1 is 0.867 bits per heavy atom. The van der Waals surface area contributed by atoms with Gasteiger partial charge in [-0.1, -0.05) is 52.3 Å². The Bertz CT molecular complexity index is 3120. The predicted octanol–water partition coefficient (Wildman–Crippen LogP) is 11.0. The molecule has 2 aromatic rings. The van der Waals surface area contributed by atoms with Crippen LogP contribution in [0.4, 0.5) is 22.0 Å². The minimum atomic E-state index is -5.02. The molecule has 0 amide bonds. The minimum absolute atomic E-state index is 0.0620. The van der Waals surface area contributed by atoms with E-state index in [4.69, 9.17) is 43.1 Å². The van der Waals surface area contributed by atoms with Crippen molar-refractivity contribution in [2.24, 2.45) is 63.1 Å². The molecule has 6 saturated carbocycles. The van der Waals surface area contributed by atoms with Gasteiger partial charge in [0.25, 0.3) is 0 Å². The zero-order chi connectivity index (χ0) is 54.8. The number of furan rings is 1. The molecule has 0 aromatic carbocycles. The number of halogens is 5. The number of thiocarbonyl (C=S) groups is 2. The molecule has 0 bridgehead atoms. The Hall–Kier alpha value is -4.44. The Kier molecular flexibility index (Phi) is 12.4. The molecule has 0 aliphatic heterocycles. The van der Waals surface area contributed by atoms with Gasteiger partial charge in [-0.25, -0.2) is 26.8 Å². The molecule has 8 aliphatic rings. The molecule has 0 radical (unpaired) electrons. The third-order valence-corrected chi connectivity index (χ3v) is 23.5. The van der Waals surface area contributed by atoms with Gasteiger partial charge in [0.05, 0.1) is 6.10 Å². The van der Waals surface area contributed by atoms with E-state index in [1.807, 2.05) is 19.9 Å². The molecule has 2 heterocycles. The number of fused-ring (bicyclic) bond motifs is 10. The quantitative estimate of drug-likeness (QED) is 0.145. The van der Waals surface area contributed by atoms with Crippen molar-refractivity contribution in [3.8, 4) is 5.75 Å². The average Bonchev–Trinajstić information content (AvgIpc) is 4.10. The molecule has 0 saturated heterocycles. The molecule has 2 N–H and O–H groups in total. The van der Waals surface area contributed by atoms with E-state index in [-0.39, 0.29) is 40.9 Å². The first-order valence-electron chi connectivity index (χ1n) is 25.1. The highest BCUT2D eigenvalue weighted by Gasteiger charge is 2.78. The summed E-state index contributed by atoms with van der Waals surface area (Å²) < 4.78 is 127. The lowest BCUT2D eigenvalue weighted by Gasteiger charge is -2.63. The summed E-state index contributed by atoms with van der Waals surface area (Å²) in [5.74, 6) is -10.2. The van der Waals surface area contributed by atoms with Crippen LogP contribution in [0.5, 0.6) is 5.75 Å². The molecule has 21 heteroatoms. The summed E-state index contributed by atoms with van der Waals surface area (Å²) in [6, 6.07) is 2.26. The Labute approximate surface area is 445 Å². The highest BCUT2D eigenvalue weighted by atomic mass is 32.2. The SMILES string of the molecule is CC1C[C@H]2[C@@H]3CCC4=CC(=O)C=C[C@]4(C)[C@H]3CC[C@]2(C)[C@@]1(OC(=O)c1sc(S(C)(=O)=O)cc1OC(=S)[C@@]1(OC(=O)c2ccc(C(F)(F)F)o2)[C@H](C)CC2C3C[C@H](F)C4=CC(=O)C=C[C@]4(C)[C@@]3(F)[C@@H](O)C[C@@]21C)C(O)=S.